The van der Waals surface area contributed by atoms with Gasteiger partial charge in [0.25, 0.3) is 0 Å². The summed E-state index contributed by atoms with van der Waals surface area (Å²) >= 11 is 0. The fourth-order valence-corrected chi connectivity index (χ4v) is 1.37. The van der Waals surface area contributed by atoms with Crippen LogP contribution in [0, 0.1) is 6.92 Å². The van der Waals surface area contributed by atoms with Gasteiger partial charge in [-0.15, -0.1) is 0 Å². The third-order valence-corrected chi connectivity index (χ3v) is 2.21. The number of amides is 1. The zero-order valence-electron chi connectivity index (χ0n) is 9.96. The maximum Gasteiger partial charge on any atom is 0.246 e. The van der Waals surface area contributed by atoms with Crippen LogP contribution in [0.1, 0.15) is 17.3 Å². The minimum absolute atomic E-state index is 0.199. The van der Waals surface area contributed by atoms with E-state index < -0.39 is 0 Å². The number of hydrogen-bond acceptors (Lipinski definition) is 4. The Labute approximate surface area is 105 Å². The first-order valence-electron chi connectivity index (χ1n) is 5.54. The predicted molar refractivity (Wildman–Crippen MR) is 66.4 cm³/mol. The van der Waals surface area contributed by atoms with Gasteiger partial charge in [0.15, 0.2) is 5.82 Å². The highest BCUT2D eigenvalue weighted by molar-refractivity contribution is 5.91. The Morgan fingerprint density at radius 3 is 2.83 bits per heavy atom. The van der Waals surface area contributed by atoms with Gasteiger partial charge in [0.05, 0.1) is 6.54 Å². The topological polar surface area (TPSA) is 68.0 Å². The molecule has 5 heteroatoms. The molecule has 0 spiro atoms. The zero-order chi connectivity index (χ0) is 12.8. The minimum Gasteiger partial charge on any atom is -0.343 e. The predicted octanol–water partition coefficient (Wildman–Crippen LogP) is 1.71. The average molecular weight is 243 g/mol. The van der Waals surface area contributed by atoms with Gasteiger partial charge in [-0.05, 0) is 18.6 Å². The normalized spacial score (nSPS) is 10.7. The van der Waals surface area contributed by atoms with Crippen molar-refractivity contribution in [3.63, 3.8) is 0 Å². The molecule has 0 atom stereocenters. The second kappa shape index (κ2) is 5.77. The molecule has 5 nitrogen and oxygen atoms in total. The van der Waals surface area contributed by atoms with Crippen LogP contribution in [0.2, 0.25) is 0 Å². The number of aryl methyl sites for hydroxylation is 1. The zero-order valence-corrected chi connectivity index (χ0v) is 9.96. The molecule has 0 aliphatic rings. The van der Waals surface area contributed by atoms with Crippen LogP contribution in [0.15, 0.2) is 40.9 Å². The van der Waals surface area contributed by atoms with Gasteiger partial charge in [-0.2, -0.15) is 4.98 Å². The standard InChI is InChI=1S/C13H13N3O2/c1-10-15-13(18-16-10)9-14-12(17)8-7-11-5-3-2-4-6-11/h2-8H,9H2,1H3,(H,14,17)/b8-7+. The van der Waals surface area contributed by atoms with Crippen LogP contribution in [0.25, 0.3) is 6.08 Å². The Morgan fingerprint density at radius 1 is 1.39 bits per heavy atom. The molecule has 0 fully saturated rings. The van der Waals surface area contributed by atoms with Gasteiger partial charge >= 0.3 is 0 Å². The third-order valence-electron chi connectivity index (χ3n) is 2.21. The highest BCUT2D eigenvalue weighted by atomic mass is 16.5. The van der Waals surface area contributed by atoms with Crippen molar-refractivity contribution in [2.24, 2.45) is 0 Å². The van der Waals surface area contributed by atoms with Gasteiger partial charge in [0, 0.05) is 6.08 Å². The average Bonchev–Trinajstić information content (AvgIpc) is 2.81. The molecule has 1 heterocycles. The van der Waals surface area contributed by atoms with Gasteiger partial charge in [0.2, 0.25) is 11.8 Å². The molecule has 18 heavy (non-hydrogen) atoms. The van der Waals surface area contributed by atoms with Gasteiger partial charge in [-0.3, -0.25) is 4.79 Å². The fraction of sp³-hybridized carbons (Fsp3) is 0.154. The molecule has 1 amide bonds. The summed E-state index contributed by atoms with van der Waals surface area (Å²) in [5.41, 5.74) is 0.973. The number of nitrogens with one attached hydrogen (secondary N) is 1. The van der Waals surface area contributed by atoms with Gasteiger partial charge < -0.3 is 9.84 Å². The van der Waals surface area contributed by atoms with E-state index in [1.807, 2.05) is 30.3 Å². The van der Waals surface area contributed by atoms with E-state index >= 15 is 0 Å². The molecular formula is C13H13N3O2. The number of rotatable bonds is 4. The Morgan fingerprint density at radius 2 is 2.17 bits per heavy atom. The van der Waals surface area contributed by atoms with Crippen molar-refractivity contribution in [1.82, 2.24) is 15.5 Å². The van der Waals surface area contributed by atoms with Crippen LogP contribution in [-0.4, -0.2) is 16.0 Å². The number of hydrogen-bond donors (Lipinski definition) is 1. The maximum atomic E-state index is 11.5. The van der Waals surface area contributed by atoms with Crippen molar-refractivity contribution in [3.8, 4) is 0 Å². The summed E-state index contributed by atoms with van der Waals surface area (Å²) < 4.78 is 4.88. The number of carbonyl (C=O) groups excluding carboxylic acids is 1. The highest BCUT2D eigenvalue weighted by Crippen LogP contribution is 2.00. The van der Waals surface area contributed by atoms with E-state index in [1.54, 1.807) is 13.0 Å². The summed E-state index contributed by atoms with van der Waals surface area (Å²) in [4.78, 5) is 15.5. The van der Waals surface area contributed by atoms with Crippen LogP contribution in [0.3, 0.4) is 0 Å². The third kappa shape index (κ3) is 3.55. The minimum atomic E-state index is -0.199. The van der Waals surface area contributed by atoms with Gasteiger partial charge in [0.1, 0.15) is 0 Å². The SMILES string of the molecule is Cc1noc(CNC(=O)/C=C/c2ccccc2)n1. The molecule has 0 bridgehead atoms. The van der Waals surface area contributed by atoms with Gasteiger partial charge in [-0.1, -0.05) is 35.5 Å². The molecule has 0 unspecified atom stereocenters. The number of nitrogens with zero attached hydrogens (tertiary/aromatic N) is 2. The first kappa shape index (κ1) is 12.0. The summed E-state index contributed by atoms with van der Waals surface area (Å²) in [5.74, 6) is 0.753. The molecule has 2 rings (SSSR count). The number of benzene rings is 1. The second-order valence-corrected chi connectivity index (χ2v) is 3.70. The number of carbonyl (C=O) groups is 1. The lowest BCUT2D eigenvalue weighted by molar-refractivity contribution is -0.116. The van der Waals surface area contributed by atoms with Crippen LogP contribution in [0.5, 0.6) is 0 Å². The van der Waals surface area contributed by atoms with Crippen molar-refractivity contribution in [3.05, 3.63) is 53.7 Å². The molecule has 1 aromatic carbocycles. The first-order chi connectivity index (χ1) is 8.74. The molecule has 0 aliphatic carbocycles. The summed E-state index contributed by atoms with van der Waals surface area (Å²) in [5, 5.41) is 6.29. The molecule has 92 valence electrons. The monoisotopic (exact) mass is 243 g/mol. The highest BCUT2D eigenvalue weighted by Gasteiger charge is 2.03. The fourth-order valence-electron chi connectivity index (χ4n) is 1.37. The van der Waals surface area contributed by atoms with Crippen molar-refractivity contribution in [1.29, 1.82) is 0 Å². The largest absolute Gasteiger partial charge is 0.343 e. The molecule has 1 N–H and O–H groups in total. The van der Waals surface area contributed by atoms with Crippen molar-refractivity contribution in [2.75, 3.05) is 0 Å². The van der Waals surface area contributed by atoms with Crippen LogP contribution < -0.4 is 5.32 Å². The molecule has 0 saturated heterocycles. The Hall–Kier alpha value is -2.43. The van der Waals surface area contributed by atoms with E-state index in [0.717, 1.165) is 5.56 Å². The van der Waals surface area contributed by atoms with E-state index in [4.69, 9.17) is 4.52 Å². The quantitative estimate of drug-likeness (QED) is 0.830. The molecule has 0 aliphatic heterocycles. The van der Waals surface area contributed by atoms with E-state index in [-0.39, 0.29) is 12.5 Å². The van der Waals surface area contributed by atoms with E-state index in [9.17, 15) is 4.79 Å². The Kier molecular flexibility index (Phi) is 3.86. The molecule has 1 aromatic heterocycles. The van der Waals surface area contributed by atoms with Crippen molar-refractivity contribution in [2.45, 2.75) is 13.5 Å². The smallest absolute Gasteiger partial charge is 0.246 e. The Bertz CT molecular complexity index is 546. The van der Waals surface area contributed by atoms with Crippen LogP contribution in [0.4, 0.5) is 0 Å². The summed E-state index contributed by atoms with van der Waals surface area (Å²) in [6.07, 6.45) is 3.22. The lowest BCUT2D eigenvalue weighted by Crippen LogP contribution is -2.20. The maximum absolute atomic E-state index is 11.5. The number of aromatic nitrogens is 2. The lowest BCUT2D eigenvalue weighted by atomic mass is 10.2. The second-order valence-electron chi connectivity index (χ2n) is 3.70. The van der Waals surface area contributed by atoms with Gasteiger partial charge in [-0.25, -0.2) is 0 Å². The van der Waals surface area contributed by atoms with Crippen LogP contribution in [-0.2, 0) is 11.3 Å². The first-order valence-corrected chi connectivity index (χ1v) is 5.54. The van der Waals surface area contributed by atoms with E-state index in [0.29, 0.717) is 11.7 Å². The van der Waals surface area contributed by atoms with Crippen molar-refractivity contribution >= 4 is 12.0 Å². The molecular weight excluding hydrogens is 230 g/mol. The summed E-state index contributed by atoms with van der Waals surface area (Å²) in [6, 6.07) is 9.60. The molecule has 2 aromatic rings. The van der Waals surface area contributed by atoms with E-state index in [1.165, 1.54) is 6.08 Å². The summed E-state index contributed by atoms with van der Waals surface area (Å²) in [6.45, 7) is 1.96. The Balaban J connectivity index is 1.84. The molecule has 0 radical (unpaired) electrons. The molecule has 0 saturated carbocycles. The van der Waals surface area contributed by atoms with E-state index in [2.05, 4.69) is 15.5 Å². The van der Waals surface area contributed by atoms with Crippen molar-refractivity contribution < 1.29 is 9.32 Å². The summed E-state index contributed by atoms with van der Waals surface area (Å²) in [7, 11) is 0. The lowest BCUT2D eigenvalue weighted by Gasteiger charge is -1.96. The van der Waals surface area contributed by atoms with Crippen LogP contribution >= 0.6 is 0 Å².